The average Bonchev–Trinajstić information content (AvgIpc) is 2.80. The molecule has 0 saturated heterocycles. The second-order valence-electron chi connectivity index (χ2n) is 4.50. The van der Waals surface area contributed by atoms with Crippen LogP contribution in [-0.2, 0) is 6.42 Å². The van der Waals surface area contributed by atoms with E-state index in [1.165, 1.54) is 0 Å². The molecule has 1 unspecified atom stereocenters. The molecule has 2 aromatic rings. The maximum Gasteiger partial charge on any atom is 0.193 e. The number of rotatable bonds is 4. The largest absolute Gasteiger partial charge is 0.496 e. The molecule has 2 heterocycles. The van der Waals surface area contributed by atoms with Gasteiger partial charge >= 0.3 is 0 Å². The van der Waals surface area contributed by atoms with Crippen LogP contribution in [0, 0.1) is 13.8 Å². The Kier molecular flexibility index (Phi) is 4.12. The van der Waals surface area contributed by atoms with Gasteiger partial charge in [0, 0.05) is 29.4 Å². The smallest absolute Gasteiger partial charge is 0.193 e. The first-order chi connectivity index (χ1) is 9.02. The first-order valence-electron chi connectivity index (χ1n) is 6.02. The number of ether oxygens (including phenoxy) is 1. The second kappa shape index (κ2) is 5.63. The topological polar surface area (TPSA) is 61.3 Å². The van der Waals surface area contributed by atoms with Crippen LogP contribution in [0.3, 0.4) is 0 Å². The molecule has 5 heteroatoms. The van der Waals surface area contributed by atoms with Gasteiger partial charge in [0.15, 0.2) is 5.22 Å². The SMILES string of the molecule is COc1c(C)cnc(CC(N)c2ccc(Cl)o2)c1C. The van der Waals surface area contributed by atoms with Crippen LogP contribution in [0.4, 0.5) is 0 Å². The summed E-state index contributed by atoms with van der Waals surface area (Å²) >= 11 is 5.75. The van der Waals surface area contributed by atoms with E-state index in [0.717, 1.165) is 22.6 Å². The minimum atomic E-state index is -0.272. The molecule has 0 fully saturated rings. The van der Waals surface area contributed by atoms with E-state index in [2.05, 4.69) is 4.98 Å². The summed E-state index contributed by atoms with van der Waals surface area (Å²) in [5.74, 6) is 1.51. The fourth-order valence-corrected chi connectivity index (χ4v) is 2.27. The number of furan rings is 1. The zero-order valence-electron chi connectivity index (χ0n) is 11.2. The predicted octanol–water partition coefficient (Wildman–Crippen LogP) is 3.20. The van der Waals surface area contributed by atoms with Crippen LogP contribution in [0.25, 0.3) is 0 Å². The van der Waals surface area contributed by atoms with E-state index in [-0.39, 0.29) is 6.04 Å². The molecule has 0 spiro atoms. The van der Waals surface area contributed by atoms with Gasteiger partial charge in [-0.2, -0.15) is 0 Å². The maximum atomic E-state index is 6.11. The summed E-state index contributed by atoms with van der Waals surface area (Å²) < 4.78 is 10.7. The standard InChI is InChI=1S/C14H17ClN2O2/c1-8-7-17-11(9(2)14(8)18-3)6-10(16)12-4-5-13(15)19-12/h4-5,7,10H,6,16H2,1-3H3. The monoisotopic (exact) mass is 280 g/mol. The molecule has 0 aromatic carbocycles. The summed E-state index contributed by atoms with van der Waals surface area (Å²) in [5, 5.41) is 0.344. The van der Waals surface area contributed by atoms with Crippen molar-refractivity contribution in [2.45, 2.75) is 26.3 Å². The van der Waals surface area contributed by atoms with Crippen molar-refractivity contribution in [1.29, 1.82) is 0 Å². The minimum absolute atomic E-state index is 0.272. The number of hydrogen-bond donors (Lipinski definition) is 1. The summed E-state index contributed by atoms with van der Waals surface area (Å²) in [5.41, 5.74) is 9.03. The highest BCUT2D eigenvalue weighted by molar-refractivity contribution is 6.28. The molecule has 0 bridgehead atoms. The number of aromatic nitrogens is 1. The van der Waals surface area contributed by atoms with E-state index in [1.807, 2.05) is 13.8 Å². The zero-order valence-corrected chi connectivity index (χ0v) is 12.0. The summed E-state index contributed by atoms with van der Waals surface area (Å²) in [6.07, 6.45) is 2.37. The van der Waals surface area contributed by atoms with Crippen LogP contribution in [0.15, 0.2) is 22.7 Å². The van der Waals surface area contributed by atoms with Crippen LogP contribution in [0.2, 0.25) is 5.22 Å². The molecular formula is C14H17ClN2O2. The Labute approximate surface area is 117 Å². The van der Waals surface area contributed by atoms with Gasteiger partial charge in [-0.1, -0.05) is 0 Å². The highest BCUT2D eigenvalue weighted by Gasteiger charge is 2.16. The maximum absolute atomic E-state index is 6.11. The van der Waals surface area contributed by atoms with Crippen molar-refractivity contribution < 1.29 is 9.15 Å². The van der Waals surface area contributed by atoms with Gasteiger partial charge < -0.3 is 14.9 Å². The highest BCUT2D eigenvalue weighted by atomic mass is 35.5. The van der Waals surface area contributed by atoms with Gasteiger partial charge in [0.05, 0.1) is 13.2 Å². The predicted molar refractivity (Wildman–Crippen MR) is 74.6 cm³/mol. The lowest BCUT2D eigenvalue weighted by atomic mass is 10.0. The van der Waals surface area contributed by atoms with E-state index in [9.17, 15) is 0 Å². The molecule has 0 aliphatic carbocycles. The van der Waals surface area contributed by atoms with E-state index >= 15 is 0 Å². The molecule has 2 N–H and O–H groups in total. The molecule has 2 rings (SSSR count). The summed E-state index contributed by atoms with van der Waals surface area (Å²) in [4.78, 5) is 4.42. The molecule has 0 radical (unpaired) electrons. The van der Waals surface area contributed by atoms with E-state index in [1.54, 1.807) is 25.4 Å². The van der Waals surface area contributed by atoms with Crippen molar-refractivity contribution in [2.75, 3.05) is 7.11 Å². The lowest BCUT2D eigenvalue weighted by Crippen LogP contribution is -2.14. The van der Waals surface area contributed by atoms with Crippen molar-refractivity contribution in [1.82, 2.24) is 4.98 Å². The lowest BCUT2D eigenvalue weighted by molar-refractivity contribution is 0.405. The van der Waals surface area contributed by atoms with Crippen molar-refractivity contribution in [3.8, 4) is 5.75 Å². The van der Waals surface area contributed by atoms with Gasteiger partial charge in [0.25, 0.3) is 0 Å². The lowest BCUT2D eigenvalue weighted by Gasteiger charge is -2.14. The van der Waals surface area contributed by atoms with Gasteiger partial charge in [0.1, 0.15) is 11.5 Å². The molecule has 0 saturated carbocycles. The Morgan fingerprint density at radius 1 is 1.42 bits per heavy atom. The zero-order chi connectivity index (χ0) is 14.0. The van der Waals surface area contributed by atoms with Gasteiger partial charge in [-0.15, -0.1) is 0 Å². The van der Waals surface area contributed by atoms with Crippen molar-refractivity contribution >= 4 is 11.6 Å². The van der Waals surface area contributed by atoms with Gasteiger partial charge in [0.2, 0.25) is 0 Å². The summed E-state index contributed by atoms with van der Waals surface area (Å²) in [6.45, 7) is 3.95. The number of pyridine rings is 1. The molecule has 4 nitrogen and oxygen atoms in total. The Balaban J connectivity index is 2.24. The van der Waals surface area contributed by atoms with Crippen LogP contribution in [0.5, 0.6) is 5.75 Å². The Bertz CT molecular complexity index is 581. The quantitative estimate of drug-likeness (QED) is 0.934. The van der Waals surface area contributed by atoms with Gasteiger partial charge in [-0.3, -0.25) is 4.98 Å². The Hall–Kier alpha value is -1.52. The molecule has 0 aliphatic heterocycles. The van der Waals surface area contributed by atoms with E-state index < -0.39 is 0 Å². The number of aryl methyl sites for hydroxylation is 1. The van der Waals surface area contributed by atoms with Crippen LogP contribution < -0.4 is 10.5 Å². The Morgan fingerprint density at radius 2 is 2.16 bits per heavy atom. The molecular weight excluding hydrogens is 264 g/mol. The van der Waals surface area contributed by atoms with E-state index in [0.29, 0.717) is 17.4 Å². The number of halogens is 1. The van der Waals surface area contributed by atoms with Crippen molar-refractivity contribution in [3.05, 3.63) is 46.1 Å². The fourth-order valence-electron chi connectivity index (χ4n) is 2.11. The van der Waals surface area contributed by atoms with Crippen molar-refractivity contribution in [2.24, 2.45) is 5.73 Å². The van der Waals surface area contributed by atoms with Gasteiger partial charge in [-0.25, -0.2) is 0 Å². The van der Waals surface area contributed by atoms with Gasteiger partial charge in [-0.05, 0) is 37.6 Å². The molecule has 2 aromatic heterocycles. The summed E-state index contributed by atoms with van der Waals surface area (Å²) in [7, 11) is 1.66. The first-order valence-corrected chi connectivity index (χ1v) is 6.40. The highest BCUT2D eigenvalue weighted by Crippen LogP contribution is 2.27. The first kappa shape index (κ1) is 13.9. The fraction of sp³-hybridized carbons (Fsp3) is 0.357. The van der Waals surface area contributed by atoms with Crippen molar-refractivity contribution in [3.63, 3.8) is 0 Å². The third-order valence-electron chi connectivity index (χ3n) is 3.12. The van der Waals surface area contributed by atoms with E-state index in [4.69, 9.17) is 26.5 Å². The molecule has 0 aliphatic rings. The number of hydrogen-bond acceptors (Lipinski definition) is 4. The Morgan fingerprint density at radius 3 is 2.74 bits per heavy atom. The number of nitrogens with two attached hydrogens (primary N) is 1. The summed E-state index contributed by atoms with van der Waals surface area (Å²) in [6, 6.07) is 3.20. The number of nitrogens with zero attached hydrogens (tertiary/aromatic N) is 1. The third kappa shape index (κ3) is 2.91. The second-order valence-corrected chi connectivity index (χ2v) is 4.87. The molecule has 1 atom stereocenters. The molecule has 19 heavy (non-hydrogen) atoms. The molecule has 0 amide bonds. The number of methoxy groups -OCH3 is 1. The average molecular weight is 281 g/mol. The van der Waals surface area contributed by atoms with Crippen LogP contribution in [0.1, 0.15) is 28.6 Å². The minimum Gasteiger partial charge on any atom is -0.496 e. The van der Waals surface area contributed by atoms with Crippen LogP contribution in [-0.4, -0.2) is 12.1 Å². The normalized spacial score (nSPS) is 12.5. The molecule has 102 valence electrons. The third-order valence-corrected chi connectivity index (χ3v) is 3.33. The van der Waals surface area contributed by atoms with Crippen LogP contribution >= 0.6 is 11.6 Å².